The molecule has 1 aromatic heterocycles. The summed E-state index contributed by atoms with van der Waals surface area (Å²) >= 11 is 0. The van der Waals surface area contributed by atoms with Crippen molar-refractivity contribution in [3.05, 3.63) is 48.3 Å². The molecule has 2 amide bonds. The van der Waals surface area contributed by atoms with Gasteiger partial charge in [-0.25, -0.2) is 0 Å². The maximum absolute atomic E-state index is 12.9. The summed E-state index contributed by atoms with van der Waals surface area (Å²) in [5.41, 5.74) is -0.155. The Kier molecular flexibility index (Phi) is 7.83. The summed E-state index contributed by atoms with van der Waals surface area (Å²) in [5, 5.41) is 13.3. The number of ether oxygens (including phenoxy) is 1. The van der Waals surface area contributed by atoms with Crippen molar-refractivity contribution >= 4 is 24.2 Å². The highest BCUT2D eigenvalue weighted by atomic mass is 35.5. The standard InChI is InChI=1S/C19H25N5O3.ClH/c1-27-16-5-2-4-15(14-16)17(25)21-11-12-22-18(26)19(6-9-20-10-7-19)24-13-3-8-23-24;/h2-5,8,13-14,20H,6-7,9-12H2,1H3,(H,21,25)(H,22,26);1H. The fourth-order valence-electron chi connectivity index (χ4n) is 3.31. The van der Waals surface area contributed by atoms with E-state index in [1.807, 2.05) is 12.3 Å². The predicted molar refractivity (Wildman–Crippen MR) is 108 cm³/mol. The van der Waals surface area contributed by atoms with Gasteiger partial charge in [0.25, 0.3) is 5.91 Å². The first kappa shape index (κ1) is 21.7. The Morgan fingerprint density at radius 2 is 1.96 bits per heavy atom. The molecule has 8 nitrogen and oxygen atoms in total. The van der Waals surface area contributed by atoms with E-state index in [4.69, 9.17) is 4.74 Å². The van der Waals surface area contributed by atoms with Crippen LogP contribution in [0.4, 0.5) is 0 Å². The number of benzene rings is 1. The molecule has 0 aliphatic carbocycles. The molecule has 3 rings (SSSR count). The first-order chi connectivity index (χ1) is 13.2. The van der Waals surface area contributed by atoms with Crippen LogP contribution in [-0.4, -0.2) is 54.9 Å². The van der Waals surface area contributed by atoms with Crippen LogP contribution >= 0.6 is 12.4 Å². The second-order valence-corrected chi connectivity index (χ2v) is 6.48. The summed E-state index contributed by atoms with van der Waals surface area (Å²) in [6.45, 7) is 2.22. The van der Waals surface area contributed by atoms with E-state index in [0.29, 0.717) is 37.2 Å². The lowest BCUT2D eigenvalue weighted by Gasteiger charge is -2.36. The van der Waals surface area contributed by atoms with Gasteiger partial charge in [-0.1, -0.05) is 6.07 Å². The molecular weight excluding hydrogens is 382 g/mol. The summed E-state index contributed by atoms with van der Waals surface area (Å²) < 4.78 is 6.87. The lowest BCUT2D eigenvalue weighted by Crippen LogP contribution is -2.55. The monoisotopic (exact) mass is 407 g/mol. The largest absolute Gasteiger partial charge is 0.497 e. The van der Waals surface area contributed by atoms with Gasteiger partial charge in [-0.05, 0) is 50.2 Å². The molecule has 152 valence electrons. The van der Waals surface area contributed by atoms with Gasteiger partial charge >= 0.3 is 0 Å². The number of aromatic nitrogens is 2. The summed E-state index contributed by atoms with van der Waals surface area (Å²) in [7, 11) is 1.56. The van der Waals surface area contributed by atoms with Gasteiger partial charge in [0.05, 0.1) is 7.11 Å². The number of amides is 2. The van der Waals surface area contributed by atoms with E-state index in [1.54, 1.807) is 42.3 Å². The quantitative estimate of drug-likeness (QED) is 0.593. The van der Waals surface area contributed by atoms with Gasteiger partial charge in [-0.3, -0.25) is 14.3 Å². The number of nitrogens with one attached hydrogen (secondary N) is 3. The van der Waals surface area contributed by atoms with Crippen molar-refractivity contribution < 1.29 is 14.3 Å². The lowest BCUT2D eigenvalue weighted by molar-refractivity contribution is -0.131. The molecule has 1 aliphatic heterocycles. The van der Waals surface area contributed by atoms with Crippen molar-refractivity contribution in [1.29, 1.82) is 0 Å². The minimum atomic E-state index is -0.675. The summed E-state index contributed by atoms with van der Waals surface area (Å²) in [4.78, 5) is 25.1. The highest BCUT2D eigenvalue weighted by Crippen LogP contribution is 2.27. The Labute approximate surface area is 170 Å². The third-order valence-corrected chi connectivity index (χ3v) is 4.82. The minimum absolute atomic E-state index is 0. The molecule has 2 heterocycles. The molecule has 28 heavy (non-hydrogen) atoms. The van der Waals surface area contributed by atoms with E-state index < -0.39 is 5.54 Å². The summed E-state index contributed by atoms with van der Waals surface area (Å²) in [5.74, 6) is 0.359. The molecule has 2 aromatic rings. The molecule has 1 fully saturated rings. The van der Waals surface area contributed by atoms with Crippen LogP contribution < -0.4 is 20.7 Å². The van der Waals surface area contributed by atoms with Crippen LogP contribution in [0.2, 0.25) is 0 Å². The lowest BCUT2D eigenvalue weighted by atomic mass is 9.87. The molecule has 0 bridgehead atoms. The van der Waals surface area contributed by atoms with Crippen molar-refractivity contribution in [2.24, 2.45) is 0 Å². The molecule has 0 unspecified atom stereocenters. The van der Waals surface area contributed by atoms with Crippen LogP contribution in [0.5, 0.6) is 5.75 Å². The molecule has 0 spiro atoms. The smallest absolute Gasteiger partial charge is 0.251 e. The van der Waals surface area contributed by atoms with E-state index in [9.17, 15) is 9.59 Å². The van der Waals surface area contributed by atoms with Crippen molar-refractivity contribution in [2.75, 3.05) is 33.3 Å². The molecule has 0 radical (unpaired) electrons. The van der Waals surface area contributed by atoms with E-state index in [0.717, 1.165) is 13.1 Å². The van der Waals surface area contributed by atoms with E-state index in [-0.39, 0.29) is 24.2 Å². The SMILES string of the molecule is COc1cccc(C(=O)NCCNC(=O)C2(n3cccn3)CCNCC2)c1.Cl. The highest BCUT2D eigenvalue weighted by molar-refractivity contribution is 5.94. The molecule has 0 saturated carbocycles. The van der Waals surface area contributed by atoms with Crippen LogP contribution in [0.3, 0.4) is 0 Å². The molecule has 9 heteroatoms. The molecule has 1 aliphatic rings. The van der Waals surface area contributed by atoms with Crippen molar-refractivity contribution in [1.82, 2.24) is 25.7 Å². The van der Waals surface area contributed by atoms with Gasteiger partial charge in [0.15, 0.2) is 0 Å². The van der Waals surface area contributed by atoms with Crippen molar-refractivity contribution in [3.8, 4) is 5.75 Å². The average Bonchev–Trinajstić information content (AvgIpc) is 3.27. The Bertz CT molecular complexity index is 776. The normalized spacial score (nSPS) is 15.2. The van der Waals surface area contributed by atoms with Crippen LogP contribution in [-0.2, 0) is 10.3 Å². The van der Waals surface area contributed by atoms with Gasteiger partial charge in [-0.2, -0.15) is 5.10 Å². The molecule has 3 N–H and O–H groups in total. The Morgan fingerprint density at radius 1 is 1.21 bits per heavy atom. The fourth-order valence-corrected chi connectivity index (χ4v) is 3.31. The van der Waals surface area contributed by atoms with Gasteiger partial charge in [0.2, 0.25) is 5.91 Å². The van der Waals surface area contributed by atoms with Crippen LogP contribution in [0, 0.1) is 0 Å². The highest BCUT2D eigenvalue weighted by Gasteiger charge is 2.41. The number of rotatable bonds is 7. The van der Waals surface area contributed by atoms with Gasteiger partial charge < -0.3 is 20.7 Å². The second kappa shape index (κ2) is 10.1. The van der Waals surface area contributed by atoms with Gasteiger partial charge in [-0.15, -0.1) is 12.4 Å². The maximum Gasteiger partial charge on any atom is 0.251 e. The van der Waals surface area contributed by atoms with Crippen LogP contribution in [0.1, 0.15) is 23.2 Å². The first-order valence-corrected chi connectivity index (χ1v) is 9.07. The number of nitrogens with zero attached hydrogens (tertiary/aromatic N) is 2. The van der Waals surface area contributed by atoms with E-state index in [1.165, 1.54) is 0 Å². The number of carbonyl (C=O) groups excluding carboxylic acids is 2. The maximum atomic E-state index is 12.9. The van der Waals surface area contributed by atoms with E-state index >= 15 is 0 Å². The molecular formula is C19H26ClN5O3. The van der Waals surface area contributed by atoms with Crippen molar-refractivity contribution in [3.63, 3.8) is 0 Å². The third-order valence-electron chi connectivity index (χ3n) is 4.82. The molecule has 1 saturated heterocycles. The number of methoxy groups -OCH3 is 1. The number of halogens is 1. The van der Waals surface area contributed by atoms with Gasteiger partial charge in [0, 0.05) is 31.0 Å². The summed E-state index contributed by atoms with van der Waals surface area (Å²) in [6.07, 6.45) is 4.87. The molecule has 1 aromatic carbocycles. The fraction of sp³-hybridized carbons (Fsp3) is 0.421. The van der Waals surface area contributed by atoms with E-state index in [2.05, 4.69) is 21.0 Å². The Hall–Kier alpha value is -2.58. The Balaban J connectivity index is 0.00000280. The number of carbonyl (C=O) groups is 2. The topological polar surface area (TPSA) is 97.3 Å². The number of piperidine rings is 1. The zero-order chi connectivity index (χ0) is 19.1. The van der Waals surface area contributed by atoms with Crippen LogP contribution in [0.15, 0.2) is 42.7 Å². The third kappa shape index (κ3) is 4.82. The average molecular weight is 408 g/mol. The van der Waals surface area contributed by atoms with Crippen molar-refractivity contribution in [2.45, 2.75) is 18.4 Å². The van der Waals surface area contributed by atoms with Crippen LogP contribution in [0.25, 0.3) is 0 Å². The minimum Gasteiger partial charge on any atom is -0.497 e. The summed E-state index contributed by atoms with van der Waals surface area (Å²) in [6, 6.07) is 8.77. The Morgan fingerprint density at radius 3 is 2.64 bits per heavy atom. The molecule has 0 atom stereocenters. The predicted octanol–water partition coefficient (Wildman–Crippen LogP) is 0.938. The zero-order valence-electron chi connectivity index (χ0n) is 15.8. The first-order valence-electron chi connectivity index (χ1n) is 9.07. The number of hydrogen-bond donors (Lipinski definition) is 3. The zero-order valence-corrected chi connectivity index (χ0v) is 16.6. The second-order valence-electron chi connectivity index (χ2n) is 6.48. The van der Waals surface area contributed by atoms with Gasteiger partial charge in [0.1, 0.15) is 11.3 Å². The number of hydrogen-bond acceptors (Lipinski definition) is 5.